The third-order valence-electron chi connectivity index (χ3n) is 12.6. The Balaban J connectivity index is 1.27. The van der Waals surface area contributed by atoms with Crippen molar-refractivity contribution in [3.63, 3.8) is 0 Å². The minimum Gasteiger partial charge on any atom is -0.293 e. The number of nitrogens with zero attached hydrogens (tertiary/aromatic N) is 2. The molecule has 0 amide bonds. The van der Waals surface area contributed by atoms with E-state index in [0.717, 1.165) is 35.4 Å². The number of allylic oxidation sites excluding steroid dienone is 2. The van der Waals surface area contributed by atoms with Gasteiger partial charge in [0.2, 0.25) is 0 Å². The lowest BCUT2D eigenvalue weighted by molar-refractivity contribution is 1.02. The van der Waals surface area contributed by atoms with Crippen LogP contribution in [0.5, 0.6) is 0 Å². The molecule has 0 bridgehead atoms. The number of aromatic nitrogens is 1. The highest BCUT2D eigenvalue weighted by Crippen LogP contribution is 2.47. The Kier molecular flexibility index (Phi) is 7.30. The molecule has 0 N–H and O–H groups in total. The van der Waals surface area contributed by atoms with Crippen LogP contribution in [0.25, 0.3) is 92.4 Å². The van der Waals surface area contributed by atoms with Crippen molar-refractivity contribution < 1.29 is 0 Å². The van der Waals surface area contributed by atoms with E-state index < -0.39 is 0 Å². The molecule has 1 aromatic heterocycles. The van der Waals surface area contributed by atoms with E-state index in [1.807, 2.05) is 0 Å². The van der Waals surface area contributed by atoms with Gasteiger partial charge in [-0.05, 0) is 90.3 Å². The molecule has 12 rings (SSSR count). The molecule has 0 saturated carbocycles. The zero-order valence-corrected chi connectivity index (χ0v) is 32.2. The summed E-state index contributed by atoms with van der Waals surface area (Å²) in [5.41, 5.74) is 10.8. The van der Waals surface area contributed by atoms with Gasteiger partial charge in [0.25, 0.3) is 0 Å². The molecule has 0 radical (unpaired) electrons. The molecule has 2 nitrogen and oxygen atoms in total. The number of hydrogen-bond donors (Lipinski definition) is 0. The molecule has 0 aliphatic carbocycles. The van der Waals surface area contributed by atoms with Crippen molar-refractivity contribution in [2.75, 3.05) is 0 Å². The molecular weight excluding hydrogens is 701 g/mol. The van der Waals surface area contributed by atoms with Gasteiger partial charge in [-0.25, -0.2) is 4.99 Å². The Hall–Kier alpha value is -7.29. The van der Waals surface area contributed by atoms with E-state index in [0.29, 0.717) is 0 Å². The Morgan fingerprint density at radius 2 is 0.931 bits per heavy atom. The first-order chi connectivity index (χ1) is 28.7. The summed E-state index contributed by atoms with van der Waals surface area (Å²) in [6.45, 7) is 2.31. The van der Waals surface area contributed by atoms with E-state index in [9.17, 15) is 0 Å². The molecule has 11 aromatic rings. The van der Waals surface area contributed by atoms with Crippen LogP contribution in [-0.4, -0.2) is 10.4 Å². The Morgan fingerprint density at radius 1 is 0.414 bits per heavy atom. The predicted molar refractivity (Wildman–Crippen MR) is 249 cm³/mol. The summed E-state index contributed by atoms with van der Waals surface area (Å²) >= 11 is 0. The lowest BCUT2D eigenvalue weighted by Gasteiger charge is -2.19. The minimum atomic E-state index is 0.832. The van der Waals surface area contributed by atoms with Crippen LogP contribution in [0.1, 0.15) is 24.5 Å². The molecule has 58 heavy (non-hydrogen) atoms. The van der Waals surface area contributed by atoms with Gasteiger partial charge in [0.1, 0.15) is 5.84 Å². The second kappa shape index (κ2) is 12.9. The number of fused-ring (bicyclic) bond motifs is 15. The molecule has 10 aromatic carbocycles. The van der Waals surface area contributed by atoms with Gasteiger partial charge in [-0.1, -0.05) is 188 Å². The average Bonchev–Trinajstić information content (AvgIpc) is 3.54. The lowest BCUT2D eigenvalue weighted by atomic mass is 9.91. The second-order valence-corrected chi connectivity index (χ2v) is 15.7. The van der Waals surface area contributed by atoms with Gasteiger partial charge < -0.3 is 0 Å². The maximum atomic E-state index is 5.94. The molecule has 2 heteroatoms. The lowest BCUT2D eigenvalue weighted by Crippen LogP contribution is -2.15. The van der Waals surface area contributed by atoms with E-state index in [-0.39, 0.29) is 0 Å². The molecule has 1 aliphatic rings. The van der Waals surface area contributed by atoms with Gasteiger partial charge in [-0.15, -0.1) is 0 Å². The van der Waals surface area contributed by atoms with Crippen molar-refractivity contribution in [1.82, 2.24) is 4.57 Å². The van der Waals surface area contributed by atoms with Crippen LogP contribution in [0.15, 0.2) is 199 Å². The Morgan fingerprint density at radius 3 is 1.66 bits per heavy atom. The van der Waals surface area contributed by atoms with Crippen LogP contribution in [0, 0.1) is 0 Å². The third-order valence-corrected chi connectivity index (χ3v) is 12.6. The average molecular weight is 739 g/mol. The molecule has 0 spiro atoms. The fourth-order valence-corrected chi connectivity index (χ4v) is 9.96. The predicted octanol–water partition coefficient (Wildman–Crippen LogP) is 15.2. The zero-order chi connectivity index (χ0) is 38.3. The van der Waals surface area contributed by atoms with Crippen LogP contribution in [0.4, 0.5) is 5.69 Å². The summed E-state index contributed by atoms with van der Waals surface area (Å²) in [5.74, 6) is 0.971. The Bertz CT molecular complexity index is 3510. The van der Waals surface area contributed by atoms with Gasteiger partial charge in [0.05, 0.1) is 16.7 Å². The first-order valence-electron chi connectivity index (χ1n) is 20.4. The SMILES string of the molecule is CCC1=C(c2ccc(-c3ccccc3)cc2)C(n2c3ccc4ccccc4c3c3c4c5ccccc5c5ccccc5c4ccc32)=Nc2c(ccc3ccccc23)C1. The summed E-state index contributed by atoms with van der Waals surface area (Å²) in [7, 11) is 0. The number of aliphatic imine (C=N–C) groups is 1. The highest BCUT2D eigenvalue weighted by Gasteiger charge is 2.28. The molecule has 0 unspecified atom stereocenters. The maximum absolute atomic E-state index is 5.94. The highest BCUT2D eigenvalue weighted by molar-refractivity contribution is 6.40. The van der Waals surface area contributed by atoms with E-state index in [1.165, 1.54) is 98.0 Å². The van der Waals surface area contributed by atoms with Crippen LogP contribution in [0.3, 0.4) is 0 Å². The largest absolute Gasteiger partial charge is 0.293 e. The Labute approximate surface area is 336 Å². The van der Waals surface area contributed by atoms with Crippen molar-refractivity contribution in [3.05, 3.63) is 205 Å². The molecule has 2 heterocycles. The maximum Gasteiger partial charge on any atom is 0.146 e. The zero-order valence-electron chi connectivity index (χ0n) is 32.2. The summed E-state index contributed by atoms with van der Waals surface area (Å²) in [5, 5.41) is 15.1. The van der Waals surface area contributed by atoms with E-state index >= 15 is 0 Å². The quantitative estimate of drug-likeness (QED) is 0.161. The summed E-state index contributed by atoms with van der Waals surface area (Å²) in [4.78, 5) is 5.94. The number of rotatable bonds is 3. The smallest absolute Gasteiger partial charge is 0.146 e. The molecular formula is C56H38N2. The number of hydrogen-bond acceptors (Lipinski definition) is 1. The standard InChI is InChI=1S/C56H38N2/c1-2-35-34-41-29-26-39-17-7-9-19-43(39)55(41)57-56(51(35)40-27-24-37(25-28-40)36-14-4-3-5-15-36)58-49-32-30-38-16-6-8-18-42(38)53(49)54-50(58)33-31-48-46-22-11-10-20-44(46)45-21-12-13-23-47(45)52(48)54/h3-33H,2,34H2,1H3. The number of benzene rings is 10. The first kappa shape index (κ1) is 32.9. The molecule has 0 fully saturated rings. The summed E-state index contributed by atoms with van der Waals surface area (Å²) in [6, 6.07) is 69.3. The fourth-order valence-electron chi connectivity index (χ4n) is 9.96. The topological polar surface area (TPSA) is 17.3 Å². The molecule has 272 valence electrons. The van der Waals surface area contributed by atoms with Gasteiger partial charge >= 0.3 is 0 Å². The summed E-state index contributed by atoms with van der Waals surface area (Å²) < 4.78 is 2.51. The highest BCUT2D eigenvalue weighted by atomic mass is 15.1. The van der Waals surface area contributed by atoms with Crippen molar-refractivity contribution in [2.45, 2.75) is 19.8 Å². The van der Waals surface area contributed by atoms with Crippen LogP contribution >= 0.6 is 0 Å². The summed E-state index contributed by atoms with van der Waals surface area (Å²) in [6.07, 6.45) is 1.74. The van der Waals surface area contributed by atoms with Crippen LogP contribution in [-0.2, 0) is 6.42 Å². The first-order valence-corrected chi connectivity index (χ1v) is 20.4. The van der Waals surface area contributed by atoms with Crippen molar-refractivity contribution in [3.8, 4) is 11.1 Å². The third kappa shape index (κ3) is 4.82. The van der Waals surface area contributed by atoms with Crippen molar-refractivity contribution in [1.29, 1.82) is 0 Å². The fraction of sp³-hybridized carbons (Fsp3) is 0.0536. The second-order valence-electron chi connectivity index (χ2n) is 15.7. The van der Waals surface area contributed by atoms with Crippen molar-refractivity contribution in [2.24, 2.45) is 4.99 Å². The van der Waals surface area contributed by atoms with Crippen molar-refractivity contribution >= 4 is 92.8 Å². The van der Waals surface area contributed by atoms with Crippen LogP contribution < -0.4 is 0 Å². The van der Waals surface area contributed by atoms with E-state index in [1.54, 1.807) is 0 Å². The van der Waals surface area contributed by atoms with Gasteiger partial charge in [-0.2, -0.15) is 0 Å². The molecule has 1 aliphatic heterocycles. The van der Waals surface area contributed by atoms with E-state index in [2.05, 4.69) is 200 Å². The van der Waals surface area contributed by atoms with E-state index in [4.69, 9.17) is 4.99 Å². The molecule has 0 atom stereocenters. The monoisotopic (exact) mass is 738 g/mol. The minimum absolute atomic E-state index is 0.832. The normalized spacial score (nSPS) is 13.3. The van der Waals surface area contributed by atoms with Gasteiger partial charge in [0, 0.05) is 27.1 Å². The van der Waals surface area contributed by atoms with Crippen LogP contribution in [0.2, 0.25) is 0 Å². The van der Waals surface area contributed by atoms with Gasteiger partial charge in [0.15, 0.2) is 0 Å². The molecule has 0 saturated heterocycles. The van der Waals surface area contributed by atoms with Gasteiger partial charge in [-0.3, -0.25) is 4.57 Å².